The molecule has 0 radical (unpaired) electrons. The molecule has 0 nitrogen and oxygen atoms in total. The second kappa shape index (κ2) is 3.68. The van der Waals surface area contributed by atoms with Gasteiger partial charge >= 0.3 is 0 Å². The molecular formula is C8H7Br2F. The van der Waals surface area contributed by atoms with E-state index in [0.29, 0.717) is 0 Å². The summed E-state index contributed by atoms with van der Waals surface area (Å²) in [5, 5.41) is 0. The van der Waals surface area contributed by atoms with E-state index in [1.54, 1.807) is 0 Å². The normalized spacial score (nSPS) is 13.1. The molecular weight excluding hydrogens is 275 g/mol. The number of hydrogen-bond donors (Lipinski definition) is 0. The number of benzene rings is 1. The van der Waals surface area contributed by atoms with Gasteiger partial charge in [-0.3, -0.25) is 0 Å². The third-order valence-electron chi connectivity index (χ3n) is 1.34. The number of hydrogen-bond acceptors (Lipinski definition) is 0. The molecule has 0 saturated heterocycles. The summed E-state index contributed by atoms with van der Waals surface area (Å²) < 4.78 is 13.5. The molecule has 0 N–H and O–H groups in total. The Morgan fingerprint density at radius 2 is 2.00 bits per heavy atom. The van der Waals surface area contributed by atoms with Gasteiger partial charge in [-0.25, -0.2) is 4.39 Å². The lowest BCUT2D eigenvalue weighted by atomic mass is 10.2. The van der Waals surface area contributed by atoms with Crippen molar-refractivity contribution in [3.63, 3.8) is 0 Å². The fourth-order valence-electron chi connectivity index (χ4n) is 0.805. The van der Waals surface area contributed by atoms with Crippen LogP contribution >= 0.6 is 31.9 Å². The minimum absolute atomic E-state index is 0.189. The average molecular weight is 282 g/mol. The van der Waals surface area contributed by atoms with E-state index >= 15 is 0 Å². The minimum Gasteiger partial charge on any atom is -0.207 e. The maximum absolute atomic E-state index is 12.7. The second-order valence-corrected chi connectivity index (χ2v) is 4.61. The molecule has 0 aliphatic carbocycles. The van der Waals surface area contributed by atoms with E-state index in [2.05, 4.69) is 31.9 Å². The van der Waals surface area contributed by atoms with Gasteiger partial charge in [0.15, 0.2) is 0 Å². The first-order chi connectivity index (χ1) is 5.09. The Labute approximate surface area is 82.1 Å². The summed E-state index contributed by atoms with van der Waals surface area (Å²) in [5.41, 5.74) is 0.942. The first-order valence-corrected chi connectivity index (χ1v) is 4.90. The van der Waals surface area contributed by atoms with Crippen molar-refractivity contribution >= 4 is 31.9 Å². The smallest absolute Gasteiger partial charge is 0.124 e. The summed E-state index contributed by atoms with van der Waals surface area (Å²) in [6.45, 7) is 1.96. The van der Waals surface area contributed by atoms with Gasteiger partial charge in [0.25, 0.3) is 0 Å². The second-order valence-electron chi connectivity index (χ2n) is 2.32. The van der Waals surface area contributed by atoms with Crippen molar-refractivity contribution in [2.45, 2.75) is 11.8 Å². The van der Waals surface area contributed by atoms with Crippen LogP contribution in [0.4, 0.5) is 4.39 Å². The fraction of sp³-hybridized carbons (Fsp3) is 0.250. The standard InChI is InChI=1S/C8H7Br2F/c1-5(9)6-2-7(10)4-8(11)3-6/h2-5H,1H3. The van der Waals surface area contributed by atoms with E-state index in [1.807, 2.05) is 13.0 Å². The van der Waals surface area contributed by atoms with Gasteiger partial charge in [0.05, 0.1) is 0 Å². The van der Waals surface area contributed by atoms with Gasteiger partial charge in [-0.15, -0.1) is 0 Å². The van der Waals surface area contributed by atoms with Gasteiger partial charge < -0.3 is 0 Å². The molecule has 0 aliphatic rings. The lowest BCUT2D eigenvalue weighted by molar-refractivity contribution is 0.624. The van der Waals surface area contributed by atoms with E-state index < -0.39 is 0 Å². The topological polar surface area (TPSA) is 0 Å². The summed E-state index contributed by atoms with van der Waals surface area (Å²) in [5.74, 6) is -0.208. The van der Waals surface area contributed by atoms with Crippen LogP contribution < -0.4 is 0 Å². The van der Waals surface area contributed by atoms with Crippen LogP contribution in [-0.4, -0.2) is 0 Å². The predicted octanol–water partition coefficient (Wildman–Crippen LogP) is 4.04. The van der Waals surface area contributed by atoms with Crippen molar-refractivity contribution < 1.29 is 4.39 Å². The third kappa shape index (κ3) is 2.56. The molecule has 0 amide bonds. The minimum atomic E-state index is -0.208. The Morgan fingerprint density at radius 1 is 1.36 bits per heavy atom. The van der Waals surface area contributed by atoms with Gasteiger partial charge in [0.2, 0.25) is 0 Å². The fourth-order valence-corrected chi connectivity index (χ4v) is 1.55. The van der Waals surface area contributed by atoms with Crippen LogP contribution in [0.5, 0.6) is 0 Å². The molecule has 60 valence electrons. The van der Waals surface area contributed by atoms with Crippen LogP contribution in [0.1, 0.15) is 17.3 Å². The van der Waals surface area contributed by atoms with Crippen molar-refractivity contribution in [3.05, 3.63) is 34.1 Å². The number of rotatable bonds is 1. The quantitative estimate of drug-likeness (QED) is 0.682. The molecule has 1 aromatic rings. The van der Waals surface area contributed by atoms with Gasteiger partial charge in [-0.05, 0) is 30.7 Å². The highest BCUT2D eigenvalue weighted by Crippen LogP contribution is 2.25. The zero-order valence-corrected chi connectivity index (χ0v) is 9.12. The summed E-state index contributed by atoms with van der Waals surface area (Å²) in [6.07, 6.45) is 0. The van der Waals surface area contributed by atoms with E-state index in [9.17, 15) is 4.39 Å². The average Bonchev–Trinajstić information content (AvgIpc) is 1.85. The molecule has 0 fully saturated rings. The van der Waals surface area contributed by atoms with Gasteiger partial charge in [0, 0.05) is 9.30 Å². The van der Waals surface area contributed by atoms with Crippen LogP contribution in [0.15, 0.2) is 22.7 Å². The highest BCUT2D eigenvalue weighted by Gasteiger charge is 2.03. The highest BCUT2D eigenvalue weighted by atomic mass is 79.9. The highest BCUT2D eigenvalue weighted by molar-refractivity contribution is 9.10. The van der Waals surface area contributed by atoms with E-state index in [0.717, 1.165) is 10.0 Å². The molecule has 0 saturated carbocycles. The van der Waals surface area contributed by atoms with Crippen molar-refractivity contribution in [2.24, 2.45) is 0 Å². The summed E-state index contributed by atoms with van der Waals surface area (Å²) >= 11 is 6.58. The maximum atomic E-state index is 12.7. The van der Waals surface area contributed by atoms with E-state index in [1.165, 1.54) is 12.1 Å². The van der Waals surface area contributed by atoms with Crippen LogP contribution in [0.25, 0.3) is 0 Å². The zero-order chi connectivity index (χ0) is 8.43. The molecule has 1 unspecified atom stereocenters. The lowest BCUT2D eigenvalue weighted by Gasteiger charge is -2.03. The van der Waals surface area contributed by atoms with Gasteiger partial charge in [-0.1, -0.05) is 31.9 Å². The Bertz CT molecular complexity index is 238. The largest absolute Gasteiger partial charge is 0.207 e. The zero-order valence-electron chi connectivity index (χ0n) is 5.94. The monoisotopic (exact) mass is 280 g/mol. The molecule has 3 heteroatoms. The van der Waals surface area contributed by atoms with Gasteiger partial charge in [-0.2, -0.15) is 0 Å². The Kier molecular flexibility index (Phi) is 3.07. The van der Waals surface area contributed by atoms with E-state index in [4.69, 9.17) is 0 Å². The molecule has 0 bridgehead atoms. The summed E-state index contributed by atoms with van der Waals surface area (Å²) in [7, 11) is 0. The molecule has 11 heavy (non-hydrogen) atoms. The lowest BCUT2D eigenvalue weighted by Crippen LogP contribution is -1.85. The SMILES string of the molecule is CC(Br)c1cc(F)cc(Br)c1. The van der Waals surface area contributed by atoms with Crippen molar-refractivity contribution in [1.82, 2.24) is 0 Å². The molecule has 1 aromatic carbocycles. The van der Waals surface area contributed by atoms with Crippen molar-refractivity contribution in [1.29, 1.82) is 0 Å². The molecule has 0 aromatic heterocycles. The molecule has 0 spiro atoms. The van der Waals surface area contributed by atoms with Crippen LogP contribution in [0.2, 0.25) is 0 Å². The molecule has 0 aliphatic heterocycles. The van der Waals surface area contributed by atoms with Gasteiger partial charge in [0.1, 0.15) is 5.82 Å². The maximum Gasteiger partial charge on any atom is 0.124 e. The Hall–Kier alpha value is 0.110. The number of halogens is 3. The third-order valence-corrected chi connectivity index (χ3v) is 2.33. The number of alkyl halides is 1. The summed E-state index contributed by atoms with van der Waals surface area (Å²) in [4.78, 5) is 0.189. The first-order valence-electron chi connectivity index (χ1n) is 3.19. The Balaban J connectivity index is 3.08. The van der Waals surface area contributed by atoms with Crippen LogP contribution in [0, 0.1) is 5.82 Å². The molecule has 1 atom stereocenters. The Morgan fingerprint density at radius 3 is 2.45 bits per heavy atom. The molecule has 0 heterocycles. The molecule has 1 rings (SSSR count). The van der Waals surface area contributed by atoms with E-state index in [-0.39, 0.29) is 10.6 Å². The summed E-state index contributed by atoms with van der Waals surface area (Å²) in [6, 6.07) is 4.85. The predicted molar refractivity (Wildman–Crippen MR) is 51.4 cm³/mol. The van der Waals surface area contributed by atoms with Crippen molar-refractivity contribution in [2.75, 3.05) is 0 Å². The first kappa shape index (κ1) is 9.20. The van der Waals surface area contributed by atoms with Crippen molar-refractivity contribution in [3.8, 4) is 0 Å². The van der Waals surface area contributed by atoms with Crippen LogP contribution in [0.3, 0.4) is 0 Å². The van der Waals surface area contributed by atoms with Crippen LogP contribution in [-0.2, 0) is 0 Å².